The van der Waals surface area contributed by atoms with Crippen molar-refractivity contribution in [3.63, 3.8) is 0 Å². The van der Waals surface area contributed by atoms with Gasteiger partial charge in [-0.05, 0) is 11.6 Å². The van der Waals surface area contributed by atoms with Gasteiger partial charge in [0.15, 0.2) is 0 Å². The molecule has 3 aliphatic heterocycles. The summed E-state index contributed by atoms with van der Waals surface area (Å²) in [6.07, 6.45) is 0.595. The van der Waals surface area contributed by atoms with Gasteiger partial charge in [-0.2, -0.15) is 0 Å². The lowest BCUT2D eigenvalue weighted by molar-refractivity contribution is -0.157. The summed E-state index contributed by atoms with van der Waals surface area (Å²) < 4.78 is 5.38. The van der Waals surface area contributed by atoms with Gasteiger partial charge in [-0.15, -0.1) is 0 Å². The minimum Gasteiger partial charge on any atom is -0.379 e. The summed E-state index contributed by atoms with van der Waals surface area (Å²) in [5, 5.41) is 1.16. The highest BCUT2D eigenvalue weighted by Gasteiger charge is 2.42. The number of amides is 2. The zero-order valence-electron chi connectivity index (χ0n) is 15.3. The van der Waals surface area contributed by atoms with Crippen molar-refractivity contribution in [3.8, 4) is 0 Å². The van der Waals surface area contributed by atoms with Crippen molar-refractivity contribution >= 4 is 22.7 Å². The highest BCUT2D eigenvalue weighted by atomic mass is 16.5. The summed E-state index contributed by atoms with van der Waals surface area (Å²) in [5.41, 5.74) is 3.32. The first-order chi connectivity index (χ1) is 13.2. The number of hydrogen-bond acceptors (Lipinski definition) is 4. The first-order valence-electron chi connectivity index (χ1n) is 9.67. The molecule has 27 heavy (non-hydrogen) atoms. The molecule has 7 nitrogen and oxygen atoms in total. The summed E-state index contributed by atoms with van der Waals surface area (Å²) in [5.74, 6) is 0.129. The SMILES string of the molecule is O=C1C2Cc3c([nH]c4ccccc34)CN2C(=O)CN1CCN1CCOCC1. The normalized spacial score (nSPS) is 23.6. The summed E-state index contributed by atoms with van der Waals surface area (Å²) in [7, 11) is 0. The zero-order chi connectivity index (χ0) is 18.4. The maximum Gasteiger partial charge on any atom is 0.246 e. The van der Waals surface area contributed by atoms with E-state index in [9.17, 15) is 9.59 Å². The molecule has 0 saturated carbocycles. The minimum absolute atomic E-state index is 0.0471. The summed E-state index contributed by atoms with van der Waals surface area (Å²) in [4.78, 5) is 35.1. The second-order valence-electron chi connectivity index (χ2n) is 7.58. The number of carbonyl (C=O) groups is 2. The first kappa shape index (κ1) is 16.8. The van der Waals surface area contributed by atoms with Gasteiger partial charge in [0.1, 0.15) is 6.04 Å². The summed E-state index contributed by atoms with van der Waals surface area (Å²) in [6.45, 7) is 5.36. The number of nitrogens with one attached hydrogen (secondary N) is 1. The molecule has 142 valence electrons. The van der Waals surface area contributed by atoms with Crippen LogP contribution in [0.4, 0.5) is 0 Å². The number of fused-ring (bicyclic) bond motifs is 4. The van der Waals surface area contributed by atoms with Crippen LogP contribution in [0.1, 0.15) is 11.3 Å². The minimum atomic E-state index is -0.373. The molecule has 1 aromatic carbocycles. The van der Waals surface area contributed by atoms with Crippen LogP contribution in [-0.4, -0.2) is 83.5 Å². The van der Waals surface area contributed by atoms with Crippen LogP contribution in [0.2, 0.25) is 0 Å². The van der Waals surface area contributed by atoms with Gasteiger partial charge < -0.3 is 19.5 Å². The van der Waals surface area contributed by atoms with Crippen LogP contribution in [0.3, 0.4) is 0 Å². The van der Waals surface area contributed by atoms with Gasteiger partial charge in [-0.25, -0.2) is 0 Å². The van der Waals surface area contributed by atoms with Gasteiger partial charge in [0.25, 0.3) is 0 Å². The van der Waals surface area contributed by atoms with Crippen LogP contribution in [0.15, 0.2) is 24.3 Å². The predicted octanol–water partition coefficient (Wildman–Crippen LogP) is 0.596. The van der Waals surface area contributed by atoms with E-state index in [1.807, 2.05) is 18.2 Å². The number of hydrogen-bond donors (Lipinski definition) is 1. The molecular formula is C20H24N4O3. The third-order valence-electron chi connectivity index (χ3n) is 6.04. The predicted molar refractivity (Wildman–Crippen MR) is 100 cm³/mol. The molecule has 2 fully saturated rings. The topological polar surface area (TPSA) is 68.9 Å². The Balaban J connectivity index is 1.35. The van der Waals surface area contributed by atoms with Crippen molar-refractivity contribution in [1.82, 2.24) is 19.7 Å². The Morgan fingerprint density at radius 2 is 1.89 bits per heavy atom. The number of aromatic amines is 1. The highest BCUT2D eigenvalue weighted by Crippen LogP contribution is 2.32. The van der Waals surface area contributed by atoms with E-state index in [-0.39, 0.29) is 24.4 Å². The van der Waals surface area contributed by atoms with Gasteiger partial charge in [0.05, 0.1) is 26.3 Å². The number of carbonyl (C=O) groups excluding carboxylic acids is 2. The molecular weight excluding hydrogens is 344 g/mol. The number of ether oxygens (including phenoxy) is 1. The third kappa shape index (κ3) is 2.91. The van der Waals surface area contributed by atoms with Gasteiger partial charge in [0.2, 0.25) is 11.8 Å². The number of rotatable bonds is 3. The molecule has 5 rings (SSSR count). The quantitative estimate of drug-likeness (QED) is 0.861. The lowest BCUT2D eigenvalue weighted by atomic mass is 9.94. The van der Waals surface area contributed by atoms with Gasteiger partial charge in [0, 0.05) is 49.2 Å². The Hall–Kier alpha value is -2.38. The molecule has 0 radical (unpaired) electrons. The maximum absolute atomic E-state index is 13.1. The molecule has 2 aromatic rings. The van der Waals surface area contributed by atoms with E-state index >= 15 is 0 Å². The molecule has 2 saturated heterocycles. The van der Waals surface area contributed by atoms with Crippen LogP contribution in [0, 0.1) is 0 Å². The zero-order valence-corrected chi connectivity index (χ0v) is 15.3. The van der Waals surface area contributed by atoms with E-state index in [2.05, 4.69) is 16.0 Å². The Morgan fingerprint density at radius 3 is 2.74 bits per heavy atom. The van der Waals surface area contributed by atoms with E-state index in [0.717, 1.165) is 49.4 Å². The van der Waals surface area contributed by atoms with Crippen molar-refractivity contribution in [1.29, 1.82) is 0 Å². The van der Waals surface area contributed by atoms with Crippen LogP contribution >= 0.6 is 0 Å². The molecule has 0 bridgehead atoms. The van der Waals surface area contributed by atoms with Crippen LogP contribution in [0.25, 0.3) is 10.9 Å². The highest BCUT2D eigenvalue weighted by molar-refractivity contribution is 5.96. The number of nitrogens with zero attached hydrogens (tertiary/aromatic N) is 3. The second kappa shape index (κ2) is 6.65. The van der Waals surface area contributed by atoms with Gasteiger partial charge in [-0.1, -0.05) is 18.2 Å². The largest absolute Gasteiger partial charge is 0.379 e. The monoisotopic (exact) mass is 368 g/mol. The second-order valence-corrected chi connectivity index (χ2v) is 7.58. The van der Waals surface area contributed by atoms with E-state index < -0.39 is 0 Å². The summed E-state index contributed by atoms with van der Waals surface area (Å²) >= 11 is 0. The van der Waals surface area contributed by atoms with Crippen LogP contribution < -0.4 is 0 Å². The van der Waals surface area contributed by atoms with Crippen molar-refractivity contribution < 1.29 is 14.3 Å². The van der Waals surface area contributed by atoms with Crippen molar-refractivity contribution in [3.05, 3.63) is 35.5 Å². The maximum atomic E-state index is 13.1. The molecule has 1 N–H and O–H groups in total. The molecule has 1 aromatic heterocycles. The van der Waals surface area contributed by atoms with Crippen molar-refractivity contribution in [2.45, 2.75) is 19.0 Å². The van der Waals surface area contributed by atoms with Crippen LogP contribution in [-0.2, 0) is 27.3 Å². The average Bonchev–Trinajstić information content (AvgIpc) is 3.07. The van der Waals surface area contributed by atoms with E-state index in [0.29, 0.717) is 19.5 Å². The Morgan fingerprint density at radius 1 is 1.07 bits per heavy atom. The third-order valence-corrected chi connectivity index (χ3v) is 6.04. The van der Waals surface area contributed by atoms with E-state index in [1.54, 1.807) is 9.80 Å². The fourth-order valence-corrected chi connectivity index (χ4v) is 4.51. The molecule has 1 atom stereocenters. The number of aromatic nitrogens is 1. The van der Waals surface area contributed by atoms with Crippen molar-refractivity contribution in [2.24, 2.45) is 0 Å². The molecule has 7 heteroatoms. The Kier molecular flexibility index (Phi) is 4.13. The molecule has 0 spiro atoms. The van der Waals surface area contributed by atoms with E-state index in [4.69, 9.17) is 4.74 Å². The molecule has 0 aliphatic carbocycles. The van der Waals surface area contributed by atoms with Gasteiger partial charge in [-0.3, -0.25) is 14.5 Å². The smallest absolute Gasteiger partial charge is 0.246 e. The fraction of sp³-hybridized carbons (Fsp3) is 0.500. The first-order valence-corrected chi connectivity index (χ1v) is 9.67. The number of piperazine rings is 1. The standard InChI is InChI=1S/C20H24N4O3/c25-19-13-23(6-5-22-7-9-27-10-8-22)20(26)18-11-15-14-3-1-2-4-16(14)21-17(15)12-24(18)19/h1-4,18,21H,5-13H2. The van der Waals surface area contributed by atoms with Crippen molar-refractivity contribution in [2.75, 3.05) is 45.9 Å². The summed E-state index contributed by atoms with van der Waals surface area (Å²) in [6, 6.07) is 7.78. The number of H-pyrrole nitrogens is 1. The Labute approximate surface area is 157 Å². The average molecular weight is 368 g/mol. The molecule has 4 heterocycles. The Bertz CT molecular complexity index is 886. The number of benzene rings is 1. The lowest BCUT2D eigenvalue weighted by Gasteiger charge is -2.43. The molecule has 2 amide bonds. The van der Waals surface area contributed by atoms with Gasteiger partial charge >= 0.3 is 0 Å². The lowest BCUT2D eigenvalue weighted by Crippen LogP contribution is -2.62. The number of morpholine rings is 1. The number of para-hydroxylation sites is 1. The molecule has 3 aliphatic rings. The van der Waals surface area contributed by atoms with E-state index in [1.165, 1.54) is 5.56 Å². The fourth-order valence-electron chi connectivity index (χ4n) is 4.51. The molecule has 1 unspecified atom stereocenters. The van der Waals surface area contributed by atoms with Crippen LogP contribution in [0.5, 0.6) is 0 Å².